The summed E-state index contributed by atoms with van der Waals surface area (Å²) in [5, 5.41) is 0. The van der Waals surface area contributed by atoms with Crippen LogP contribution in [0.4, 0.5) is 0 Å². The summed E-state index contributed by atoms with van der Waals surface area (Å²) in [5.41, 5.74) is 6.29. The van der Waals surface area contributed by atoms with Crippen molar-refractivity contribution < 1.29 is 13.0 Å². The second kappa shape index (κ2) is 12.1. The molecule has 0 saturated heterocycles. The van der Waals surface area contributed by atoms with E-state index in [2.05, 4.69) is 140 Å². The van der Waals surface area contributed by atoms with E-state index in [1.165, 1.54) is 42.5 Å². The Hall–Kier alpha value is -3.64. The lowest BCUT2D eigenvalue weighted by molar-refractivity contribution is 0.470. The number of aryl methyl sites for hydroxylation is 1. The highest BCUT2D eigenvalue weighted by Gasteiger charge is 2.28. The molecule has 186 valence electrons. The highest BCUT2D eigenvalue weighted by molar-refractivity contribution is 7.97. The Morgan fingerprint density at radius 2 is 0.757 bits per heavy atom. The van der Waals surface area contributed by atoms with Gasteiger partial charge in [0, 0.05) is 6.26 Å². The first-order valence-corrected chi connectivity index (χ1v) is 14.8. The van der Waals surface area contributed by atoms with E-state index in [0.29, 0.717) is 6.26 Å². The molecule has 0 aliphatic heterocycles. The van der Waals surface area contributed by atoms with Gasteiger partial charge in [-0.25, -0.2) is 8.42 Å². The minimum atomic E-state index is -3.92. The molecule has 37 heavy (non-hydrogen) atoms. The van der Waals surface area contributed by atoms with Crippen LogP contribution in [0.3, 0.4) is 0 Å². The highest BCUT2D eigenvalue weighted by Crippen LogP contribution is 2.34. The SMILES string of the molecule is CS(=O)(=O)[O-].Cc1ccc([S+](c2ccc(-c3ccccc3)cc2)c2ccc(-c3ccccc3)cc2)cc1. The van der Waals surface area contributed by atoms with Crippen LogP contribution in [-0.2, 0) is 21.0 Å². The van der Waals surface area contributed by atoms with Gasteiger partial charge >= 0.3 is 0 Å². The van der Waals surface area contributed by atoms with E-state index in [1.54, 1.807) is 0 Å². The van der Waals surface area contributed by atoms with Crippen LogP contribution in [0.1, 0.15) is 5.56 Å². The third-order valence-electron chi connectivity index (χ3n) is 5.65. The molecule has 0 heterocycles. The molecule has 0 amide bonds. The maximum Gasteiger partial charge on any atom is 0.166 e. The van der Waals surface area contributed by atoms with E-state index in [0.717, 1.165) is 0 Å². The van der Waals surface area contributed by atoms with Gasteiger partial charge in [-0.2, -0.15) is 0 Å². The highest BCUT2D eigenvalue weighted by atomic mass is 32.2. The lowest BCUT2D eigenvalue weighted by Gasteiger charge is -2.10. The first-order chi connectivity index (χ1) is 17.8. The summed E-state index contributed by atoms with van der Waals surface area (Å²) in [6.07, 6.45) is 0.604. The van der Waals surface area contributed by atoms with Gasteiger partial charge in [-0.05, 0) is 89.8 Å². The van der Waals surface area contributed by atoms with Gasteiger partial charge in [-0.3, -0.25) is 0 Å². The van der Waals surface area contributed by atoms with Crippen molar-refractivity contribution in [3.63, 3.8) is 0 Å². The van der Waals surface area contributed by atoms with Crippen LogP contribution < -0.4 is 0 Å². The van der Waals surface area contributed by atoms with Crippen molar-refractivity contribution in [2.75, 3.05) is 6.26 Å². The molecule has 0 N–H and O–H groups in total. The molecule has 0 bridgehead atoms. The van der Waals surface area contributed by atoms with E-state index >= 15 is 0 Å². The van der Waals surface area contributed by atoms with Crippen LogP contribution in [0, 0.1) is 6.92 Å². The Morgan fingerprint density at radius 1 is 0.486 bits per heavy atom. The lowest BCUT2D eigenvalue weighted by Crippen LogP contribution is -2.05. The van der Waals surface area contributed by atoms with Crippen LogP contribution in [-0.4, -0.2) is 19.2 Å². The average molecular weight is 525 g/mol. The van der Waals surface area contributed by atoms with Crippen molar-refractivity contribution in [3.8, 4) is 22.3 Å². The molecule has 3 nitrogen and oxygen atoms in total. The third kappa shape index (κ3) is 7.67. The van der Waals surface area contributed by atoms with E-state index in [9.17, 15) is 0 Å². The molecule has 5 aromatic rings. The predicted molar refractivity (Wildman–Crippen MR) is 153 cm³/mol. The number of hydrogen-bond donors (Lipinski definition) is 0. The van der Waals surface area contributed by atoms with Gasteiger partial charge < -0.3 is 4.55 Å². The first-order valence-electron chi connectivity index (χ1n) is 11.8. The number of benzene rings is 5. The minimum absolute atomic E-state index is 0.152. The molecule has 0 radical (unpaired) electrons. The molecular weight excluding hydrogens is 496 g/mol. The molecule has 0 unspecified atom stereocenters. The Morgan fingerprint density at radius 3 is 1.08 bits per heavy atom. The zero-order chi connectivity index (χ0) is 26.3. The van der Waals surface area contributed by atoms with E-state index in [4.69, 9.17) is 13.0 Å². The summed E-state index contributed by atoms with van der Waals surface area (Å²) in [6, 6.07) is 48.3. The average Bonchev–Trinajstić information content (AvgIpc) is 2.91. The van der Waals surface area contributed by atoms with Gasteiger partial charge in [0.25, 0.3) is 0 Å². The van der Waals surface area contributed by atoms with Crippen LogP contribution in [0.2, 0.25) is 0 Å². The summed E-state index contributed by atoms with van der Waals surface area (Å²) in [5.74, 6) is 0. The smallest absolute Gasteiger partial charge is 0.166 e. The second-order valence-corrected chi connectivity index (χ2v) is 12.0. The van der Waals surface area contributed by atoms with Gasteiger partial charge in [0.1, 0.15) is 0 Å². The standard InChI is InChI=1S/C31H25S.CH4O3S/c1-24-12-18-29(19-13-24)32(30-20-14-27(15-21-30)25-8-4-2-5-9-25)31-22-16-28(17-23-31)26-10-6-3-7-11-26;1-5(2,3)4/h2-23H,1H3;1H3,(H,2,3,4)/q+1;/p-1. The van der Waals surface area contributed by atoms with Gasteiger partial charge in [-0.1, -0.05) is 78.4 Å². The molecule has 5 aromatic carbocycles. The Labute approximate surface area is 222 Å². The molecule has 5 heteroatoms. The molecule has 0 atom stereocenters. The molecule has 0 aromatic heterocycles. The normalized spacial score (nSPS) is 11.0. The fourth-order valence-corrected chi connectivity index (χ4v) is 5.95. The lowest BCUT2D eigenvalue weighted by atomic mass is 10.1. The number of rotatable bonds is 5. The Balaban J connectivity index is 0.000000586. The summed E-state index contributed by atoms with van der Waals surface area (Å²) in [7, 11) is -4.07. The third-order valence-corrected chi connectivity index (χ3v) is 7.88. The molecule has 5 rings (SSSR count). The number of hydrogen-bond acceptors (Lipinski definition) is 3. The molecule has 0 saturated carbocycles. The van der Waals surface area contributed by atoms with Crippen molar-refractivity contribution >= 4 is 21.0 Å². The van der Waals surface area contributed by atoms with Crippen LogP contribution >= 0.6 is 0 Å². The summed E-state index contributed by atoms with van der Waals surface area (Å²) >= 11 is 0. The molecule has 0 spiro atoms. The van der Waals surface area contributed by atoms with Gasteiger partial charge in [-0.15, -0.1) is 0 Å². The van der Waals surface area contributed by atoms with Gasteiger partial charge in [0.15, 0.2) is 14.7 Å². The molecule has 0 aliphatic carbocycles. The fourth-order valence-electron chi connectivity index (χ4n) is 3.91. The zero-order valence-electron chi connectivity index (χ0n) is 20.7. The molecule has 0 aliphatic rings. The topological polar surface area (TPSA) is 57.2 Å². The van der Waals surface area contributed by atoms with Crippen molar-refractivity contribution in [2.45, 2.75) is 21.6 Å². The quantitative estimate of drug-likeness (QED) is 0.176. The van der Waals surface area contributed by atoms with Crippen LogP contribution in [0.5, 0.6) is 0 Å². The molecule has 0 fully saturated rings. The predicted octanol–water partition coefficient (Wildman–Crippen LogP) is 7.59. The van der Waals surface area contributed by atoms with E-state index in [-0.39, 0.29) is 10.9 Å². The van der Waals surface area contributed by atoms with Crippen molar-refractivity contribution in [2.24, 2.45) is 0 Å². The van der Waals surface area contributed by atoms with Gasteiger partial charge in [0.05, 0.1) is 21.0 Å². The monoisotopic (exact) mass is 524 g/mol. The van der Waals surface area contributed by atoms with E-state index < -0.39 is 10.1 Å². The largest absolute Gasteiger partial charge is 0.748 e. The second-order valence-electron chi connectivity index (χ2n) is 8.60. The minimum Gasteiger partial charge on any atom is -0.748 e. The van der Waals surface area contributed by atoms with Crippen LogP contribution in [0.25, 0.3) is 22.3 Å². The maximum absolute atomic E-state index is 9.08. The van der Waals surface area contributed by atoms with Crippen molar-refractivity contribution in [1.82, 2.24) is 0 Å². The van der Waals surface area contributed by atoms with Crippen molar-refractivity contribution in [1.29, 1.82) is 0 Å². The Kier molecular flexibility index (Phi) is 8.62. The zero-order valence-corrected chi connectivity index (χ0v) is 22.4. The van der Waals surface area contributed by atoms with Gasteiger partial charge in [0.2, 0.25) is 0 Å². The molecular formula is C32H28O3S2. The summed E-state index contributed by atoms with van der Waals surface area (Å²) in [4.78, 5) is 4.01. The summed E-state index contributed by atoms with van der Waals surface area (Å²) in [6.45, 7) is 2.14. The Bertz CT molecular complexity index is 1420. The maximum atomic E-state index is 9.08. The van der Waals surface area contributed by atoms with Crippen LogP contribution in [0.15, 0.2) is 148 Å². The van der Waals surface area contributed by atoms with E-state index in [1.807, 2.05) is 0 Å². The first kappa shape index (κ1) is 26.4. The van der Waals surface area contributed by atoms with Crippen molar-refractivity contribution in [3.05, 3.63) is 139 Å². The summed E-state index contributed by atoms with van der Waals surface area (Å²) < 4.78 is 27.2. The fraction of sp³-hybridized carbons (Fsp3) is 0.0625.